The van der Waals surface area contributed by atoms with Gasteiger partial charge in [0.05, 0.1) is 11.9 Å². The van der Waals surface area contributed by atoms with Crippen molar-refractivity contribution in [2.45, 2.75) is 13.0 Å². The van der Waals surface area contributed by atoms with Gasteiger partial charge in [0, 0.05) is 13.2 Å². The van der Waals surface area contributed by atoms with Gasteiger partial charge >= 0.3 is 0 Å². The Morgan fingerprint density at radius 3 is 2.92 bits per heavy atom. The molecule has 0 unspecified atom stereocenters. The van der Waals surface area contributed by atoms with Gasteiger partial charge in [0.15, 0.2) is 0 Å². The number of hydrogen-bond acceptors (Lipinski definition) is 3. The summed E-state index contributed by atoms with van der Waals surface area (Å²) in [6.45, 7) is 1.54. The number of halogens is 1. The second-order valence-corrected chi connectivity index (χ2v) is 2.72. The summed E-state index contributed by atoms with van der Waals surface area (Å²) in [6, 6.07) is 3.03. The van der Waals surface area contributed by atoms with Crippen molar-refractivity contribution in [3.05, 3.63) is 29.8 Å². The molecule has 0 saturated heterocycles. The molecule has 2 N–H and O–H groups in total. The van der Waals surface area contributed by atoms with E-state index in [9.17, 15) is 4.39 Å². The number of hydrogen-bond donors (Lipinski definition) is 2. The summed E-state index contributed by atoms with van der Waals surface area (Å²) in [6.07, 6.45) is 1.92. The van der Waals surface area contributed by atoms with E-state index in [4.69, 9.17) is 5.11 Å². The summed E-state index contributed by atoms with van der Waals surface area (Å²) in [5.41, 5.74) is 0.805. The molecule has 0 atom stereocenters. The maximum Gasteiger partial charge on any atom is 0.141 e. The number of nitrogens with zero attached hydrogens (tertiary/aromatic N) is 1. The van der Waals surface area contributed by atoms with Gasteiger partial charge in [-0.15, -0.1) is 0 Å². The lowest BCUT2D eigenvalue weighted by atomic mass is 10.3. The second-order valence-electron chi connectivity index (χ2n) is 2.72. The van der Waals surface area contributed by atoms with Crippen molar-refractivity contribution in [1.82, 2.24) is 10.3 Å². The van der Waals surface area contributed by atoms with Crippen LogP contribution in [-0.4, -0.2) is 23.2 Å². The predicted octanol–water partition coefficient (Wildman–Crippen LogP) is 0.693. The minimum absolute atomic E-state index is 0.184. The van der Waals surface area contributed by atoms with Crippen LogP contribution in [0.2, 0.25) is 0 Å². The second kappa shape index (κ2) is 5.61. The molecule has 0 amide bonds. The number of rotatable bonds is 5. The third-order valence-electron chi connectivity index (χ3n) is 1.61. The van der Waals surface area contributed by atoms with Crippen molar-refractivity contribution in [3.8, 4) is 0 Å². The van der Waals surface area contributed by atoms with Gasteiger partial charge in [-0.25, -0.2) is 4.39 Å². The number of pyridine rings is 1. The average molecular weight is 184 g/mol. The fourth-order valence-electron chi connectivity index (χ4n) is 0.932. The van der Waals surface area contributed by atoms with Crippen molar-refractivity contribution < 1.29 is 9.50 Å². The van der Waals surface area contributed by atoms with Crippen LogP contribution in [-0.2, 0) is 6.54 Å². The van der Waals surface area contributed by atoms with Crippen LogP contribution in [0.3, 0.4) is 0 Å². The molecule has 1 aromatic rings. The van der Waals surface area contributed by atoms with Crippen molar-refractivity contribution >= 4 is 0 Å². The molecular weight excluding hydrogens is 171 g/mol. The smallest absolute Gasteiger partial charge is 0.141 e. The fourth-order valence-corrected chi connectivity index (χ4v) is 0.932. The first kappa shape index (κ1) is 10.1. The van der Waals surface area contributed by atoms with Gasteiger partial charge in [-0.05, 0) is 25.1 Å². The molecule has 0 aromatic carbocycles. The quantitative estimate of drug-likeness (QED) is 0.662. The zero-order valence-corrected chi connectivity index (χ0v) is 7.33. The van der Waals surface area contributed by atoms with Crippen LogP contribution in [0.15, 0.2) is 18.3 Å². The Balaban J connectivity index is 2.25. The van der Waals surface area contributed by atoms with E-state index in [1.165, 1.54) is 12.3 Å². The third-order valence-corrected chi connectivity index (χ3v) is 1.61. The van der Waals surface area contributed by atoms with E-state index < -0.39 is 0 Å². The Morgan fingerprint density at radius 2 is 2.31 bits per heavy atom. The van der Waals surface area contributed by atoms with Gasteiger partial charge < -0.3 is 10.4 Å². The first-order valence-electron chi connectivity index (χ1n) is 4.25. The highest BCUT2D eigenvalue weighted by molar-refractivity contribution is 5.04. The van der Waals surface area contributed by atoms with E-state index in [0.29, 0.717) is 6.54 Å². The fraction of sp³-hybridized carbons (Fsp3) is 0.444. The molecule has 0 aliphatic heterocycles. The summed E-state index contributed by atoms with van der Waals surface area (Å²) in [5.74, 6) is -0.320. The van der Waals surface area contributed by atoms with Crippen LogP contribution in [0.5, 0.6) is 0 Å². The Hall–Kier alpha value is -1.00. The van der Waals surface area contributed by atoms with Gasteiger partial charge in [-0.2, -0.15) is 0 Å². The lowest BCUT2D eigenvalue weighted by Gasteiger charge is -2.02. The molecule has 0 fully saturated rings. The maximum atomic E-state index is 12.4. The van der Waals surface area contributed by atoms with E-state index in [0.717, 1.165) is 18.7 Å². The van der Waals surface area contributed by atoms with Crippen LogP contribution in [0.1, 0.15) is 12.1 Å². The summed E-state index contributed by atoms with van der Waals surface area (Å²) in [5, 5.41) is 11.6. The molecule has 0 saturated carbocycles. The Kier molecular flexibility index (Phi) is 4.35. The van der Waals surface area contributed by atoms with Gasteiger partial charge in [0.25, 0.3) is 0 Å². The van der Waals surface area contributed by atoms with E-state index in [2.05, 4.69) is 10.3 Å². The largest absolute Gasteiger partial charge is 0.396 e. The van der Waals surface area contributed by atoms with Gasteiger partial charge in [-0.1, -0.05) is 0 Å². The molecule has 0 aliphatic carbocycles. The predicted molar refractivity (Wildman–Crippen MR) is 47.6 cm³/mol. The standard InChI is InChI=1S/C9H13FN2O/c10-8-2-3-9(12-6-8)7-11-4-1-5-13/h2-3,6,11,13H,1,4-5,7H2. The molecule has 0 bridgehead atoms. The van der Waals surface area contributed by atoms with Crippen molar-refractivity contribution in [1.29, 1.82) is 0 Å². The topological polar surface area (TPSA) is 45.1 Å². The third kappa shape index (κ3) is 3.96. The summed E-state index contributed by atoms with van der Waals surface area (Å²) in [7, 11) is 0. The van der Waals surface area contributed by atoms with Gasteiger partial charge in [0.1, 0.15) is 5.82 Å². The molecule has 1 aromatic heterocycles. The Bertz CT molecular complexity index is 238. The molecule has 3 nitrogen and oxygen atoms in total. The van der Waals surface area contributed by atoms with Crippen LogP contribution in [0.25, 0.3) is 0 Å². The highest BCUT2D eigenvalue weighted by Gasteiger charge is 1.94. The zero-order valence-electron chi connectivity index (χ0n) is 7.33. The monoisotopic (exact) mass is 184 g/mol. The van der Waals surface area contributed by atoms with E-state index in [1.807, 2.05) is 0 Å². The summed E-state index contributed by atoms with van der Waals surface area (Å²) >= 11 is 0. The Labute approximate surface area is 76.6 Å². The van der Waals surface area contributed by atoms with Crippen molar-refractivity contribution in [2.75, 3.05) is 13.2 Å². The number of aliphatic hydroxyl groups is 1. The first-order valence-corrected chi connectivity index (χ1v) is 4.25. The summed E-state index contributed by atoms with van der Waals surface area (Å²) < 4.78 is 12.4. The van der Waals surface area contributed by atoms with E-state index >= 15 is 0 Å². The molecular formula is C9H13FN2O. The first-order chi connectivity index (χ1) is 6.33. The minimum atomic E-state index is -0.320. The molecule has 0 radical (unpaired) electrons. The maximum absolute atomic E-state index is 12.4. The van der Waals surface area contributed by atoms with Crippen LogP contribution in [0.4, 0.5) is 4.39 Å². The highest BCUT2D eigenvalue weighted by Crippen LogP contribution is 1.97. The molecule has 4 heteroatoms. The Morgan fingerprint density at radius 1 is 1.46 bits per heavy atom. The lowest BCUT2D eigenvalue weighted by molar-refractivity contribution is 0.286. The molecule has 0 spiro atoms. The van der Waals surface area contributed by atoms with Gasteiger partial charge in [0.2, 0.25) is 0 Å². The molecule has 13 heavy (non-hydrogen) atoms. The summed E-state index contributed by atoms with van der Waals surface area (Å²) in [4.78, 5) is 3.88. The average Bonchev–Trinajstić information content (AvgIpc) is 2.15. The lowest BCUT2D eigenvalue weighted by Crippen LogP contribution is -2.16. The number of aromatic nitrogens is 1. The van der Waals surface area contributed by atoms with Crippen LogP contribution < -0.4 is 5.32 Å². The van der Waals surface area contributed by atoms with Gasteiger partial charge in [-0.3, -0.25) is 4.98 Å². The number of nitrogens with one attached hydrogen (secondary N) is 1. The van der Waals surface area contributed by atoms with Crippen LogP contribution in [0, 0.1) is 5.82 Å². The van der Waals surface area contributed by atoms with E-state index in [1.54, 1.807) is 6.07 Å². The van der Waals surface area contributed by atoms with Crippen LogP contribution >= 0.6 is 0 Å². The van der Waals surface area contributed by atoms with Crippen molar-refractivity contribution in [2.24, 2.45) is 0 Å². The normalized spacial score (nSPS) is 10.3. The van der Waals surface area contributed by atoms with Crippen molar-refractivity contribution in [3.63, 3.8) is 0 Å². The SMILES string of the molecule is OCCCNCc1ccc(F)cn1. The highest BCUT2D eigenvalue weighted by atomic mass is 19.1. The number of aliphatic hydroxyl groups excluding tert-OH is 1. The zero-order chi connectivity index (χ0) is 9.52. The van der Waals surface area contributed by atoms with E-state index in [-0.39, 0.29) is 12.4 Å². The molecule has 1 heterocycles. The molecule has 1 rings (SSSR count). The molecule has 72 valence electrons. The minimum Gasteiger partial charge on any atom is -0.396 e. The molecule has 0 aliphatic rings.